The van der Waals surface area contributed by atoms with Crippen LogP contribution < -0.4 is 10.6 Å². The molecule has 2 amide bonds. The maximum atomic E-state index is 11.6. The van der Waals surface area contributed by atoms with E-state index in [-0.39, 0.29) is 18.3 Å². The van der Waals surface area contributed by atoms with Crippen molar-refractivity contribution in [2.75, 3.05) is 6.54 Å². The molecule has 0 aliphatic rings. The molecule has 112 valence electrons. The van der Waals surface area contributed by atoms with E-state index in [4.69, 9.17) is 5.11 Å². The molecule has 2 aromatic heterocycles. The molecule has 3 N–H and O–H groups in total. The molecule has 21 heavy (non-hydrogen) atoms. The predicted octanol–water partition coefficient (Wildman–Crippen LogP) is 0.0117. The summed E-state index contributed by atoms with van der Waals surface area (Å²) in [6.45, 7) is 0.615. The fourth-order valence-electron chi connectivity index (χ4n) is 1.53. The molecule has 0 aliphatic carbocycles. The largest absolute Gasteiger partial charge is 0.476 e. The average Bonchev–Trinajstić information content (AvgIpc) is 3.06. The number of carbonyl (C=O) groups is 2. The fourth-order valence-corrected chi connectivity index (χ4v) is 2.24. The summed E-state index contributed by atoms with van der Waals surface area (Å²) in [5.41, 5.74) is -0.0144. The summed E-state index contributed by atoms with van der Waals surface area (Å²) in [6, 6.07) is -0.343. The number of carboxylic acids is 1. The Kier molecular flexibility index (Phi) is 4.82. The van der Waals surface area contributed by atoms with Gasteiger partial charge in [0.15, 0.2) is 5.69 Å². The zero-order valence-electron chi connectivity index (χ0n) is 11.2. The van der Waals surface area contributed by atoms with Gasteiger partial charge < -0.3 is 20.3 Å². The molecule has 0 saturated heterocycles. The summed E-state index contributed by atoms with van der Waals surface area (Å²) >= 11 is 1.19. The van der Waals surface area contributed by atoms with Crippen molar-refractivity contribution in [3.63, 3.8) is 0 Å². The molecule has 0 aliphatic heterocycles. The lowest BCUT2D eigenvalue weighted by Crippen LogP contribution is -2.36. The van der Waals surface area contributed by atoms with E-state index < -0.39 is 5.97 Å². The molecule has 0 unspecified atom stereocenters. The molecule has 2 aromatic rings. The van der Waals surface area contributed by atoms with Crippen molar-refractivity contribution in [3.05, 3.63) is 28.2 Å². The lowest BCUT2D eigenvalue weighted by molar-refractivity contribution is 0.0691. The Morgan fingerprint density at radius 1 is 1.43 bits per heavy atom. The molecule has 0 fully saturated rings. The number of hydrogen-bond acceptors (Lipinski definition) is 6. The van der Waals surface area contributed by atoms with Gasteiger partial charge in [-0.05, 0) is 0 Å². The minimum Gasteiger partial charge on any atom is -0.476 e. The lowest BCUT2D eigenvalue weighted by atomic mass is 10.4. The summed E-state index contributed by atoms with van der Waals surface area (Å²) in [5, 5.41) is 23.6. The van der Waals surface area contributed by atoms with E-state index in [1.54, 1.807) is 10.9 Å². The van der Waals surface area contributed by atoms with Crippen molar-refractivity contribution < 1.29 is 14.7 Å². The van der Waals surface area contributed by atoms with E-state index in [0.717, 1.165) is 5.82 Å². The fraction of sp³-hybridized carbons (Fsp3) is 0.364. The molecule has 0 atom stereocenters. The Hall–Kier alpha value is -2.49. The van der Waals surface area contributed by atoms with Crippen LogP contribution in [0.2, 0.25) is 0 Å². The van der Waals surface area contributed by atoms with Crippen LogP contribution in [-0.4, -0.2) is 43.4 Å². The SMILES string of the molecule is Cn1cnnc1CCNC(=O)NCc1nc(C(=O)O)cs1. The number of carbonyl (C=O) groups excluding carboxylic acids is 1. The molecule has 2 heterocycles. The van der Waals surface area contributed by atoms with Crippen molar-refractivity contribution in [2.45, 2.75) is 13.0 Å². The molecule has 0 spiro atoms. The maximum absolute atomic E-state index is 11.6. The third-order valence-electron chi connectivity index (χ3n) is 2.61. The molecule has 0 radical (unpaired) electrons. The number of carboxylic acid groups (broad SMARTS) is 1. The second-order valence-corrected chi connectivity index (χ2v) is 5.09. The number of aromatic nitrogens is 4. The average molecular weight is 310 g/mol. The molecule has 0 aromatic carbocycles. The third kappa shape index (κ3) is 4.24. The lowest BCUT2D eigenvalue weighted by Gasteiger charge is -2.05. The summed E-state index contributed by atoms with van der Waals surface area (Å²) < 4.78 is 1.78. The van der Waals surface area contributed by atoms with Gasteiger partial charge in [0.2, 0.25) is 0 Å². The highest BCUT2D eigenvalue weighted by Crippen LogP contribution is 2.09. The van der Waals surface area contributed by atoms with Crippen LogP contribution in [0, 0.1) is 0 Å². The minimum absolute atomic E-state index is 0.0144. The zero-order chi connectivity index (χ0) is 15.2. The number of nitrogens with zero attached hydrogens (tertiary/aromatic N) is 4. The van der Waals surface area contributed by atoms with E-state index in [1.165, 1.54) is 16.7 Å². The number of nitrogens with one attached hydrogen (secondary N) is 2. The molecule has 0 bridgehead atoms. The van der Waals surface area contributed by atoms with Crippen molar-refractivity contribution in [1.29, 1.82) is 0 Å². The van der Waals surface area contributed by atoms with Gasteiger partial charge in [0, 0.05) is 25.4 Å². The first-order valence-electron chi connectivity index (χ1n) is 6.08. The van der Waals surface area contributed by atoms with E-state index in [0.29, 0.717) is 18.0 Å². The normalized spacial score (nSPS) is 10.3. The monoisotopic (exact) mass is 310 g/mol. The van der Waals surface area contributed by atoms with Crippen LogP contribution in [0.3, 0.4) is 0 Å². The van der Waals surface area contributed by atoms with Gasteiger partial charge in [-0.15, -0.1) is 21.5 Å². The van der Waals surface area contributed by atoms with E-state index in [2.05, 4.69) is 25.8 Å². The zero-order valence-corrected chi connectivity index (χ0v) is 12.1. The first-order valence-corrected chi connectivity index (χ1v) is 6.96. The van der Waals surface area contributed by atoms with Gasteiger partial charge >= 0.3 is 12.0 Å². The summed E-state index contributed by atoms with van der Waals surface area (Å²) in [4.78, 5) is 26.1. The summed E-state index contributed by atoms with van der Waals surface area (Å²) in [6.07, 6.45) is 2.17. The quantitative estimate of drug-likeness (QED) is 0.691. The molecular weight excluding hydrogens is 296 g/mol. The smallest absolute Gasteiger partial charge is 0.355 e. The molecule has 0 saturated carbocycles. The van der Waals surface area contributed by atoms with Crippen molar-refractivity contribution in [1.82, 2.24) is 30.4 Å². The number of aromatic carboxylic acids is 1. The molecule has 10 heteroatoms. The third-order valence-corrected chi connectivity index (χ3v) is 3.46. The highest BCUT2D eigenvalue weighted by molar-refractivity contribution is 7.09. The highest BCUT2D eigenvalue weighted by atomic mass is 32.1. The predicted molar refractivity (Wildman–Crippen MR) is 74.0 cm³/mol. The Morgan fingerprint density at radius 2 is 2.24 bits per heavy atom. The molecule has 9 nitrogen and oxygen atoms in total. The number of amides is 2. The van der Waals surface area contributed by atoms with Gasteiger partial charge in [0.05, 0.1) is 6.54 Å². The van der Waals surface area contributed by atoms with Crippen LogP contribution in [0.5, 0.6) is 0 Å². The van der Waals surface area contributed by atoms with E-state index >= 15 is 0 Å². The number of thiazole rings is 1. The van der Waals surface area contributed by atoms with Gasteiger partial charge in [0.1, 0.15) is 17.2 Å². The number of rotatable bonds is 6. The van der Waals surface area contributed by atoms with Crippen LogP contribution in [0.15, 0.2) is 11.7 Å². The van der Waals surface area contributed by atoms with E-state index in [9.17, 15) is 9.59 Å². The van der Waals surface area contributed by atoms with Gasteiger partial charge in [-0.3, -0.25) is 0 Å². The van der Waals surface area contributed by atoms with Gasteiger partial charge in [-0.1, -0.05) is 0 Å². The van der Waals surface area contributed by atoms with Crippen molar-refractivity contribution in [2.24, 2.45) is 7.05 Å². The number of aryl methyl sites for hydroxylation is 1. The number of hydrogen-bond donors (Lipinski definition) is 3. The van der Waals surface area contributed by atoms with Crippen molar-refractivity contribution >= 4 is 23.3 Å². The summed E-state index contributed by atoms with van der Waals surface area (Å²) in [5.74, 6) is -0.299. The van der Waals surface area contributed by atoms with Crippen LogP contribution >= 0.6 is 11.3 Å². The Bertz CT molecular complexity index is 637. The second-order valence-electron chi connectivity index (χ2n) is 4.15. The topological polar surface area (TPSA) is 122 Å². The maximum Gasteiger partial charge on any atom is 0.355 e. The number of urea groups is 1. The first kappa shape index (κ1) is 14.9. The van der Waals surface area contributed by atoms with Crippen molar-refractivity contribution in [3.8, 4) is 0 Å². The highest BCUT2D eigenvalue weighted by Gasteiger charge is 2.09. The second kappa shape index (κ2) is 6.79. The first-order chi connectivity index (χ1) is 10.1. The van der Waals surface area contributed by atoms with E-state index in [1.807, 2.05) is 7.05 Å². The van der Waals surface area contributed by atoms with Crippen LogP contribution in [0.1, 0.15) is 21.3 Å². The molecular formula is C11H14N6O3S. The van der Waals surface area contributed by atoms with Crippen LogP contribution in [-0.2, 0) is 20.0 Å². The van der Waals surface area contributed by atoms with Crippen LogP contribution in [0.25, 0.3) is 0 Å². The van der Waals surface area contributed by atoms with Gasteiger partial charge in [0.25, 0.3) is 0 Å². The van der Waals surface area contributed by atoms with Crippen LogP contribution in [0.4, 0.5) is 4.79 Å². The molecule has 2 rings (SSSR count). The van der Waals surface area contributed by atoms with Gasteiger partial charge in [-0.25, -0.2) is 14.6 Å². The standard InChI is InChI=1S/C11H14N6O3S/c1-17-6-14-16-8(17)2-3-12-11(20)13-4-9-15-7(5-21-9)10(18)19/h5-6H,2-4H2,1H3,(H,18,19)(H2,12,13,20). The minimum atomic E-state index is -1.08. The Labute approximate surface area is 124 Å². The Morgan fingerprint density at radius 3 is 2.86 bits per heavy atom. The van der Waals surface area contributed by atoms with Gasteiger partial charge in [-0.2, -0.15) is 0 Å². The summed E-state index contributed by atoms with van der Waals surface area (Å²) in [7, 11) is 1.83. The Balaban J connectivity index is 1.69.